The van der Waals surface area contributed by atoms with Crippen molar-refractivity contribution in [3.05, 3.63) is 70.6 Å². The minimum absolute atomic E-state index is 0.0221. The molecular weight excluding hydrogens is 362 g/mol. The fourth-order valence-electron chi connectivity index (χ4n) is 2.72. The number of carbonyl (C=O) groups excluding carboxylic acids is 1. The molecule has 0 aliphatic carbocycles. The maximum atomic E-state index is 12.8. The molecule has 0 saturated carbocycles. The van der Waals surface area contributed by atoms with E-state index >= 15 is 0 Å². The third kappa shape index (κ3) is 4.95. The number of aryl methyl sites for hydroxylation is 1. The van der Waals surface area contributed by atoms with Crippen LogP contribution < -0.4 is 0 Å². The van der Waals surface area contributed by atoms with Crippen LogP contribution in [0.5, 0.6) is 0 Å². The van der Waals surface area contributed by atoms with Crippen LogP contribution in [0.1, 0.15) is 30.9 Å². The number of hydrogen-bond donors (Lipinski definition) is 0. The Balaban J connectivity index is 1.71. The van der Waals surface area contributed by atoms with E-state index in [0.29, 0.717) is 23.2 Å². The zero-order chi connectivity index (χ0) is 19.4. The summed E-state index contributed by atoms with van der Waals surface area (Å²) in [4.78, 5) is 18.9. The second kappa shape index (κ2) is 8.35. The molecule has 3 rings (SSSR count). The van der Waals surface area contributed by atoms with Crippen molar-refractivity contribution in [2.45, 2.75) is 39.8 Å². The summed E-state index contributed by atoms with van der Waals surface area (Å²) in [6, 6.07) is 15.2. The number of halogens is 1. The Bertz CT molecular complexity index is 902. The van der Waals surface area contributed by atoms with Crippen LogP contribution in [0.3, 0.4) is 0 Å². The molecule has 5 nitrogen and oxygen atoms in total. The molecule has 0 bridgehead atoms. The lowest BCUT2D eigenvalue weighted by atomic mass is 10.1. The Kier molecular flexibility index (Phi) is 5.91. The number of benzene rings is 2. The van der Waals surface area contributed by atoms with Gasteiger partial charge in [0.25, 0.3) is 0 Å². The summed E-state index contributed by atoms with van der Waals surface area (Å²) in [6.07, 6.45) is 0.344. The van der Waals surface area contributed by atoms with Crippen molar-refractivity contribution in [3.63, 3.8) is 0 Å². The van der Waals surface area contributed by atoms with Gasteiger partial charge in [-0.2, -0.15) is 4.98 Å². The molecule has 0 aliphatic heterocycles. The fourth-order valence-corrected chi connectivity index (χ4v) is 2.85. The first kappa shape index (κ1) is 19.1. The van der Waals surface area contributed by atoms with Gasteiger partial charge >= 0.3 is 0 Å². The van der Waals surface area contributed by atoms with Crippen molar-refractivity contribution < 1.29 is 9.32 Å². The smallest absolute Gasteiger partial charge is 0.246 e. The number of carbonyl (C=O) groups is 1. The van der Waals surface area contributed by atoms with Crippen molar-refractivity contribution in [3.8, 4) is 11.4 Å². The number of amides is 1. The highest BCUT2D eigenvalue weighted by Crippen LogP contribution is 2.19. The molecule has 6 heteroatoms. The molecule has 3 aromatic rings. The Morgan fingerprint density at radius 3 is 2.41 bits per heavy atom. The molecule has 1 heterocycles. The van der Waals surface area contributed by atoms with E-state index in [2.05, 4.69) is 10.1 Å². The van der Waals surface area contributed by atoms with E-state index in [0.717, 1.165) is 11.1 Å². The highest BCUT2D eigenvalue weighted by Gasteiger charge is 2.21. The minimum atomic E-state index is 0.0221. The van der Waals surface area contributed by atoms with Crippen LogP contribution in [0.2, 0.25) is 5.02 Å². The minimum Gasteiger partial charge on any atom is -0.337 e. The van der Waals surface area contributed by atoms with E-state index in [1.807, 2.05) is 57.2 Å². The Morgan fingerprint density at radius 1 is 1.11 bits per heavy atom. The van der Waals surface area contributed by atoms with Crippen LogP contribution in [0.25, 0.3) is 11.4 Å². The topological polar surface area (TPSA) is 59.2 Å². The molecule has 0 radical (unpaired) electrons. The molecule has 0 atom stereocenters. The molecule has 140 valence electrons. The SMILES string of the molecule is Cc1ccc(CC(=O)N(Cc2nc(-c3ccc(Cl)cc3)no2)C(C)C)cc1. The molecule has 0 aliphatic rings. The lowest BCUT2D eigenvalue weighted by Crippen LogP contribution is -2.37. The predicted molar refractivity (Wildman–Crippen MR) is 105 cm³/mol. The summed E-state index contributed by atoms with van der Waals surface area (Å²) in [6.45, 7) is 6.26. The standard InChI is InChI=1S/C21H22ClN3O2/c1-14(2)25(20(26)12-16-6-4-15(3)5-7-16)13-19-23-21(24-27-19)17-8-10-18(22)11-9-17/h4-11,14H,12-13H2,1-3H3. The largest absolute Gasteiger partial charge is 0.337 e. The van der Waals surface area contributed by atoms with Crippen LogP contribution in [0.4, 0.5) is 0 Å². The van der Waals surface area contributed by atoms with Crippen molar-refractivity contribution >= 4 is 17.5 Å². The van der Waals surface area contributed by atoms with Crippen LogP contribution in [-0.2, 0) is 17.8 Å². The monoisotopic (exact) mass is 383 g/mol. The molecule has 27 heavy (non-hydrogen) atoms. The number of rotatable bonds is 6. The zero-order valence-electron chi connectivity index (χ0n) is 15.6. The van der Waals surface area contributed by atoms with Gasteiger partial charge in [0.2, 0.25) is 17.6 Å². The van der Waals surface area contributed by atoms with Crippen LogP contribution >= 0.6 is 11.6 Å². The second-order valence-electron chi connectivity index (χ2n) is 6.80. The normalized spacial score (nSPS) is 11.0. The quantitative estimate of drug-likeness (QED) is 0.620. The number of nitrogens with zero attached hydrogens (tertiary/aromatic N) is 3. The maximum absolute atomic E-state index is 12.8. The molecule has 2 aromatic carbocycles. The third-order valence-corrected chi connectivity index (χ3v) is 4.55. The van der Waals surface area contributed by atoms with Crippen LogP contribution in [0.15, 0.2) is 53.1 Å². The van der Waals surface area contributed by atoms with E-state index in [1.165, 1.54) is 5.56 Å². The van der Waals surface area contributed by atoms with Gasteiger partial charge in [-0.15, -0.1) is 0 Å². The molecule has 0 spiro atoms. The summed E-state index contributed by atoms with van der Waals surface area (Å²) in [7, 11) is 0. The van der Waals surface area contributed by atoms with E-state index in [9.17, 15) is 4.79 Å². The average Bonchev–Trinajstić information content (AvgIpc) is 3.10. The van der Waals surface area contributed by atoms with Gasteiger partial charge in [0.05, 0.1) is 6.42 Å². The lowest BCUT2D eigenvalue weighted by Gasteiger charge is -2.25. The first-order valence-corrected chi connectivity index (χ1v) is 9.23. The van der Waals surface area contributed by atoms with Crippen molar-refractivity contribution in [1.29, 1.82) is 0 Å². The Labute approximate surface area is 164 Å². The molecule has 1 aromatic heterocycles. The van der Waals surface area contributed by atoms with Gasteiger partial charge in [0, 0.05) is 16.6 Å². The highest BCUT2D eigenvalue weighted by molar-refractivity contribution is 6.30. The fraction of sp³-hybridized carbons (Fsp3) is 0.286. The molecule has 0 fully saturated rings. The summed E-state index contributed by atoms with van der Waals surface area (Å²) in [5.74, 6) is 0.919. The average molecular weight is 384 g/mol. The summed E-state index contributed by atoms with van der Waals surface area (Å²) < 4.78 is 5.36. The van der Waals surface area contributed by atoms with Gasteiger partial charge in [-0.05, 0) is 50.6 Å². The first-order valence-electron chi connectivity index (χ1n) is 8.86. The second-order valence-corrected chi connectivity index (χ2v) is 7.23. The maximum Gasteiger partial charge on any atom is 0.246 e. The van der Waals surface area contributed by atoms with E-state index < -0.39 is 0 Å². The molecule has 0 unspecified atom stereocenters. The van der Waals surface area contributed by atoms with Crippen molar-refractivity contribution in [2.24, 2.45) is 0 Å². The third-order valence-electron chi connectivity index (χ3n) is 4.30. The van der Waals surface area contributed by atoms with Crippen LogP contribution in [0, 0.1) is 6.92 Å². The summed E-state index contributed by atoms with van der Waals surface area (Å²) in [5, 5.41) is 4.66. The number of aromatic nitrogens is 2. The van der Waals surface area contributed by atoms with Gasteiger partial charge in [-0.25, -0.2) is 0 Å². The lowest BCUT2D eigenvalue weighted by molar-refractivity contribution is -0.133. The first-order chi connectivity index (χ1) is 12.9. The van der Waals surface area contributed by atoms with E-state index in [-0.39, 0.29) is 18.5 Å². The molecular formula is C21H22ClN3O2. The predicted octanol–water partition coefficient (Wildman–Crippen LogP) is 4.68. The molecule has 1 amide bonds. The molecule has 0 N–H and O–H groups in total. The Hall–Kier alpha value is -2.66. The van der Waals surface area contributed by atoms with E-state index in [4.69, 9.17) is 16.1 Å². The number of hydrogen-bond acceptors (Lipinski definition) is 4. The van der Waals surface area contributed by atoms with Gasteiger partial charge in [-0.1, -0.05) is 46.6 Å². The zero-order valence-corrected chi connectivity index (χ0v) is 16.4. The Morgan fingerprint density at radius 2 is 1.78 bits per heavy atom. The van der Waals surface area contributed by atoms with Crippen LogP contribution in [-0.4, -0.2) is 27.0 Å². The summed E-state index contributed by atoms with van der Waals surface area (Å²) in [5.41, 5.74) is 2.98. The van der Waals surface area contributed by atoms with Crippen molar-refractivity contribution in [1.82, 2.24) is 15.0 Å². The van der Waals surface area contributed by atoms with Crippen molar-refractivity contribution in [2.75, 3.05) is 0 Å². The van der Waals surface area contributed by atoms with Gasteiger partial charge in [0.1, 0.15) is 6.54 Å². The van der Waals surface area contributed by atoms with E-state index in [1.54, 1.807) is 17.0 Å². The molecule has 0 saturated heterocycles. The van der Waals surface area contributed by atoms with Gasteiger partial charge in [-0.3, -0.25) is 4.79 Å². The summed E-state index contributed by atoms with van der Waals surface area (Å²) >= 11 is 5.91. The van der Waals surface area contributed by atoms with Gasteiger partial charge in [0.15, 0.2) is 0 Å². The highest BCUT2D eigenvalue weighted by atomic mass is 35.5. The van der Waals surface area contributed by atoms with Gasteiger partial charge < -0.3 is 9.42 Å².